The molecule has 3 unspecified atom stereocenters. The van der Waals surface area contributed by atoms with Crippen molar-refractivity contribution in [3.63, 3.8) is 0 Å². The number of allylic oxidation sites excluding steroid dienone is 1. The molecule has 1 fully saturated rings. The molecule has 1 aromatic carbocycles. The van der Waals surface area contributed by atoms with Gasteiger partial charge in [-0.05, 0) is 49.9 Å². The Morgan fingerprint density at radius 3 is 2.95 bits per heavy atom. The van der Waals surface area contributed by atoms with Gasteiger partial charge in [-0.2, -0.15) is 0 Å². The summed E-state index contributed by atoms with van der Waals surface area (Å²) in [5.41, 5.74) is 7.54. The van der Waals surface area contributed by atoms with Crippen LogP contribution in [0.3, 0.4) is 0 Å². The molecular formula is C18H26N2O2. The molecule has 120 valence electrons. The van der Waals surface area contributed by atoms with E-state index in [1.807, 2.05) is 19.1 Å². The molecule has 4 heteroatoms. The first-order valence-electron chi connectivity index (χ1n) is 8.23. The van der Waals surface area contributed by atoms with Gasteiger partial charge in [0.2, 0.25) is 6.79 Å². The third-order valence-corrected chi connectivity index (χ3v) is 4.79. The number of hydrogen-bond acceptors (Lipinski definition) is 4. The summed E-state index contributed by atoms with van der Waals surface area (Å²) < 4.78 is 10.9. The topological polar surface area (TPSA) is 47.7 Å². The highest BCUT2D eigenvalue weighted by molar-refractivity contribution is 5.45. The first kappa shape index (κ1) is 15.4. The zero-order chi connectivity index (χ0) is 15.5. The quantitative estimate of drug-likeness (QED) is 0.850. The van der Waals surface area contributed by atoms with E-state index < -0.39 is 0 Å². The maximum Gasteiger partial charge on any atom is 0.231 e. The first-order chi connectivity index (χ1) is 10.7. The Bertz CT molecular complexity index is 544. The van der Waals surface area contributed by atoms with Gasteiger partial charge in [-0.25, -0.2) is 0 Å². The van der Waals surface area contributed by atoms with Crippen molar-refractivity contribution in [2.75, 3.05) is 19.9 Å². The number of fused-ring (bicyclic) bond motifs is 1. The lowest BCUT2D eigenvalue weighted by molar-refractivity contribution is 0.174. The predicted octanol–water partition coefficient (Wildman–Crippen LogP) is 2.89. The third-order valence-electron chi connectivity index (χ3n) is 4.79. The van der Waals surface area contributed by atoms with Crippen LogP contribution in [0.5, 0.6) is 11.5 Å². The van der Waals surface area contributed by atoms with Crippen molar-refractivity contribution in [1.82, 2.24) is 4.90 Å². The predicted molar refractivity (Wildman–Crippen MR) is 88.4 cm³/mol. The average Bonchev–Trinajstić information content (AvgIpc) is 3.12. The molecule has 0 spiro atoms. The molecule has 4 nitrogen and oxygen atoms in total. The monoisotopic (exact) mass is 302 g/mol. The Labute approximate surface area is 132 Å². The summed E-state index contributed by atoms with van der Waals surface area (Å²) in [6.07, 6.45) is 6.34. The van der Waals surface area contributed by atoms with Crippen molar-refractivity contribution >= 4 is 0 Å². The van der Waals surface area contributed by atoms with Crippen molar-refractivity contribution < 1.29 is 9.47 Å². The molecule has 2 heterocycles. The maximum atomic E-state index is 6.19. The van der Waals surface area contributed by atoms with Gasteiger partial charge in [0.05, 0.1) is 0 Å². The number of ether oxygens (including phenoxy) is 2. The fraction of sp³-hybridized carbons (Fsp3) is 0.556. The SMILES string of the molecule is C/C=C/C(N)CC1CC(c2ccc3c(c2)OCO3)CN1CC. The minimum absolute atomic E-state index is 0.152. The Morgan fingerprint density at radius 1 is 1.36 bits per heavy atom. The van der Waals surface area contributed by atoms with Gasteiger partial charge in [0.15, 0.2) is 11.5 Å². The molecule has 2 aliphatic heterocycles. The number of likely N-dealkylation sites (N-methyl/N-ethyl adjacent to an activating group) is 1. The summed E-state index contributed by atoms with van der Waals surface area (Å²) in [7, 11) is 0. The highest BCUT2D eigenvalue weighted by atomic mass is 16.7. The van der Waals surface area contributed by atoms with E-state index in [0.29, 0.717) is 18.8 Å². The van der Waals surface area contributed by atoms with Crippen molar-refractivity contribution in [3.05, 3.63) is 35.9 Å². The van der Waals surface area contributed by atoms with Gasteiger partial charge in [-0.1, -0.05) is 25.1 Å². The largest absolute Gasteiger partial charge is 0.454 e. The summed E-state index contributed by atoms with van der Waals surface area (Å²) in [5, 5.41) is 0. The van der Waals surface area contributed by atoms with Gasteiger partial charge < -0.3 is 15.2 Å². The Kier molecular flexibility index (Phi) is 4.69. The van der Waals surface area contributed by atoms with Crippen molar-refractivity contribution in [2.24, 2.45) is 5.73 Å². The Morgan fingerprint density at radius 2 is 2.18 bits per heavy atom. The normalized spacial score (nSPS) is 26.0. The van der Waals surface area contributed by atoms with Crippen LogP contribution in [0.15, 0.2) is 30.4 Å². The van der Waals surface area contributed by atoms with E-state index >= 15 is 0 Å². The number of hydrogen-bond donors (Lipinski definition) is 1. The van der Waals surface area contributed by atoms with Crippen molar-refractivity contribution in [2.45, 2.75) is 44.7 Å². The van der Waals surface area contributed by atoms with Crippen molar-refractivity contribution in [1.29, 1.82) is 0 Å². The molecule has 3 rings (SSSR count). The number of nitrogens with zero attached hydrogens (tertiary/aromatic N) is 1. The van der Waals surface area contributed by atoms with Gasteiger partial charge in [0, 0.05) is 18.6 Å². The average molecular weight is 302 g/mol. The summed E-state index contributed by atoms with van der Waals surface area (Å²) in [6, 6.07) is 7.08. The fourth-order valence-electron chi connectivity index (χ4n) is 3.67. The molecule has 0 radical (unpaired) electrons. The second-order valence-corrected chi connectivity index (χ2v) is 6.21. The van der Waals surface area contributed by atoms with E-state index in [0.717, 1.165) is 31.0 Å². The standard InChI is InChI=1S/C18H26N2O2/c1-3-5-15(19)10-16-8-14(11-20(16)4-2)13-6-7-17-18(9-13)22-12-21-17/h3,5-7,9,14-16H,4,8,10-12,19H2,1-2H3/b5-3+. The van der Waals surface area contributed by atoms with Crippen LogP contribution in [0.25, 0.3) is 0 Å². The molecular weight excluding hydrogens is 276 g/mol. The number of benzene rings is 1. The van der Waals surface area contributed by atoms with Gasteiger partial charge in [0.25, 0.3) is 0 Å². The second kappa shape index (κ2) is 6.71. The van der Waals surface area contributed by atoms with Crippen LogP contribution in [0.1, 0.15) is 38.2 Å². The van der Waals surface area contributed by atoms with E-state index in [2.05, 4.69) is 30.0 Å². The Hall–Kier alpha value is -1.52. The smallest absolute Gasteiger partial charge is 0.231 e. The van der Waals surface area contributed by atoms with Crippen molar-refractivity contribution in [3.8, 4) is 11.5 Å². The summed E-state index contributed by atoms with van der Waals surface area (Å²) in [5.74, 6) is 2.30. The van der Waals surface area contributed by atoms with Crippen LogP contribution in [0, 0.1) is 0 Å². The van der Waals surface area contributed by atoms with E-state index in [9.17, 15) is 0 Å². The molecule has 2 aliphatic rings. The van der Waals surface area contributed by atoms with E-state index in [1.165, 1.54) is 12.0 Å². The zero-order valence-electron chi connectivity index (χ0n) is 13.5. The summed E-state index contributed by atoms with van der Waals surface area (Å²) in [6.45, 7) is 6.78. The highest BCUT2D eigenvalue weighted by Gasteiger charge is 2.33. The molecule has 1 saturated heterocycles. The fourth-order valence-corrected chi connectivity index (χ4v) is 3.67. The lowest BCUT2D eigenvalue weighted by Gasteiger charge is -2.24. The number of nitrogens with two attached hydrogens (primary N) is 1. The highest BCUT2D eigenvalue weighted by Crippen LogP contribution is 2.39. The van der Waals surface area contributed by atoms with Gasteiger partial charge in [-0.15, -0.1) is 0 Å². The molecule has 0 bridgehead atoms. The Balaban J connectivity index is 1.71. The first-order valence-corrected chi connectivity index (χ1v) is 8.23. The number of rotatable bonds is 5. The summed E-state index contributed by atoms with van der Waals surface area (Å²) >= 11 is 0. The summed E-state index contributed by atoms with van der Waals surface area (Å²) in [4.78, 5) is 2.55. The van der Waals surface area contributed by atoms with Crippen LogP contribution in [-0.4, -0.2) is 36.9 Å². The lowest BCUT2D eigenvalue weighted by Crippen LogP contribution is -2.34. The van der Waals surface area contributed by atoms with E-state index in [1.54, 1.807) is 0 Å². The second-order valence-electron chi connectivity index (χ2n) is 6.21. The van der Waals surface area contributed by atoms with Crippen LogP contribution in [0.4, 0.5) is 0 Å². The molecule has 0 aliphatic carbocycles. The van der Waals surface area contributed by atoms with Gasteiger partial charge in [-0.3, -0.25) is 4.90 Å². The number of likely N-dealkylation sites (tertiary alicyclic amines) is 1. The van der Waals surface area contributed by atoms with Crippen LogP contribution in [0.2, 0.25) is 0 Å². The lowest BCUT2D eigenvalue weighted by atomic mass is 9.94. The molecule has 3 atom stereocenters. The molecule has 0 saturated carbocycles. The van der Waals surface area contributed by atoms with Gasteiger partial charge in [0.1, 0.15) is 0 Å². The molecule has 22 heavy (non-hydrogen) atoms. The van der Waals surface area contributed by atoms with Crippen LogP contribution >= 0.6 is 0 Å². The van der Waals surface area contributed by atoms with E-state index in [4.69, 9.17) is 15.2 Å². The van der Waals surface area contributed by atoms with Crippen LogP contribution < -0.4 is 15.2 Å². The third kappa shape index (κ3) is 3.13. The maximum absolute atomic E-state index is 6.19. The van der Waals surface area contributed by atoms with Gasteiger partial charge >= 0.3 is 0 Å². The molecule has 0 amide bonds. The molecule has 1 aromatic rings. The zero-order valence-corrected chi connectivity index (χ0v) is 13.5. The minimum Gasteiger partial charge on any atom is -0.454 e. The minimum atomic E-state index is 0.152. The molecule has 2 N–H and O–H groups in total. The van der Waals surface area contributed by atoms with Crippen LogP contribution in [-0.2, 0) is 0 Å². The molecule has 0 aromatic heterocycles. The van der Waals surface area contributed by atoms with E-state index in [-0.39, 0.29) is 6.04 Å².